The van der Waals surface area contributed by atoms with Gasteiger partial charge >= 0.3 is 0 Å². The van der Waals surface area contributed by atoms with Gasteiger partial charge in [-0.1, -0.05) is 12.8 Å². The van der Waals surface area contributed by atoms with Crippen LogP contribution in [-0.2, 0) is 11.3 Å². The molecule has 0 bridgehead atoms. The lowest BCUT2D eigenvalue weighted by molar-refractivity contribution is 0.0514. The molecule has 6 nitrogen and oxygen atoms in total. The van der Waals surface area contributed by atoms with Crippen LogP contribution >= 0.6 is 0 Å². The molecular formula is C15H21N5O. The Morgan fingerprint density at radius 2 is 2.14 bits per heavy atom. The fourth-order valence-corrected chi connectivity index (χ4v) is 2.85. The summed E-state index contributed by atoms with van der Waals surface area (Å²) in [6.07, 6.45) is 5.35. The van der Waals surface area contributed by atoms with Crippen LogP contribution in [0, 0.1) is 6.92 Å². The molecule has 1 aromatic heterocycles. The number of rotatable bonds is 5. The predicted octanol–water partition coefficient (Wildman–Crippen LogP) is 2.19. The van der Waals surface area contributed by atoms with E-state index in [1.807, 2.05) is 25.1 Å². The Morgan fingerprint density at radius 1 is 1.33 bits per heavy atom. The topological polar surface area (TPSA) is 78.9 Å². The van der Waals surface area contributed by atoms with E-state index in [2.05, 4.69) is 15.5 Å². The van der Waals surface area contributed by atoms with E-state index in [-0.39, 0.29) is 0 Å². The zero-order valence-electron chi connectivity index (χ0n) is 12.3. The summed E-state index contributed by atoms with van der Waals surface area (Å²) in [6.45, 7) is 3.33. The lowest BCUT2D eigenvalue weighted by atomic mass is 10.1. The van der Waals surface area contributed by atoms with Crippen molar-refractivity contribution >= 4 is 5.69 Å². The van der Waals surface area contributed by atoms with Gasteiger partial charge in [-0.05, 0) is 54.0 Å². The highest BCUT2D eigenvalue weighted by Crippen LogP contribution is 2.23. The van der Waals surface area contributed by atoms with Crippen molar-refractivity contribution < 1.29 is 4.74 Å². The van der Waals surface area contributed by atoms with Crippen molar-refractivity contribution in [1.29, 1.82) is 0 Å². The maximum atomic E-state index is 5.88. The summed E-state index contributed by atoms with van der Waals surface area (Å²) in [5.74, 6) is 0.766. The summed E-state index contributed by atoms with van der Waals surface area (Å²) in [7, 11) is 0. The van der Waals surface area contributed by atoms with Crippen LogP contribution in [0.3, 0.4) is 0 Å². The van der Waals surface area contributed by atoms with Crippen molar-refractivity contribution in [2.24, 2.45) is 0 Å². The number of hydrogen-bond acceptors (Lipinski definition) is 5. The zero-order valence-corrected chi connectivity index (χ0v) is 12.3. The van der Waals surface area contributed by atoms with Gasteiger partial charge in [0.25, 0.3) is 0 Å². The number of benzene rings is 1. The van der Waals surface area contributed by atoms with Gasteiger partial charge in [0, 0.05) is 11.3 Å². The summed E-state index contributed by atoms with van der Waals surface area (Å²) in [5, 5.41) is 12.0. The van der Waals surface area contributed by atoms with Crippen molar-refractivity contribution in [3.8, 4) is 11.4 Å². The van der Waals surface area contributed by atoms with E-state index < -0.39 is 0 Å². The second-order valence-corrected chi connectivity index (χ2v) is 5.58. The molecule has 1 aliphatic rings. The van der Waals surface area contributed by atoms with E-state index in [1.54, 1.807) is 4.68 Å². The molecule has 1 aliphatic carbocycles. The molecule has 21 heavy (non-hydrogen) atoms. The first kappa shape index (κ1) is 14.0. The van der Waals surface area contributed by atoms with E-state index in [0.717, 1.165) is 22.6 Å². The molecule has 1 heterocycles. The van der Waals surface area contributed by atoms with Gasteiger partial charge in [-0.3, -0.25) is 0 Å². The predicted molar refractivity (Wildman–Crippen MR) is 80.6 cm³/mol. The minimum absolute atomic E-state index is 0.420. The molecule has 0 saturated heterocycles. The number of tetrazole rings is 1. The second-order valence-electron chi connectivity index (χ2n) is 5.58. The Bertz CT molecular complexity index is 604. The van der Waals surface area contributed by atoms with Crippen molar-refractivity contribution in [2.75, 3.05) is 12.3 Å². The number of nitrogens with two attached hydrogens (primary N) is 1. The van der Waals surface area contributed by atoms with Crippen LogP contribution in [-0.4, -0.2) is 32.9 Å². The largest absolute Gasteiger partial charge is 0.399 e. The van der Waals surface area contributed by atoms with E-state index >= 15 is 0 Å². The van der Waals surface area contributed by atoms with Crippen molar-refractivity contribution in [3.05, 3.63) is 23.8 Å². The Balaban J connectivity index is 1.68. The first-order valence-corrected chi connectivity index (χ1v) is 7.48. The fourth-order valence-electron chi connectivity index (χ4n) is 2.85. The van der Waals surface area contributed by atoms with E-state index in [1.165, 1.54) is 25.7 Å². The molecule has 2 N–H and O–H groups in total. The molecular weight excluding hydrogens is 266 g/mol. The molecule has 0 atom stereocenters. The first-order chi connectivity index (χ1) is 10.2. The van der Waals surface area contributed by atoms with Crippen LogP contribution in [0.5, 0.6) is 0 Å². The average molecular weight is 287 g/mol. The van der Waals surface area contributed by atoms with E-state index in [4.69, 9.17) is 10.5 Å². The Morgan fingerprint density at radius 3 is 2.90 bits per heavy atom. The smallest absolute Gasteiger partial charge is 0.182 e. The van der Waals surface area contributed by atoms with Crippen LogP contribution in [0.15, 0.2) is 18.2 Å². The number of nitrogens with zero attached hydrogens (tertiary/aromatic N) is 4. The van der Waals surface area contributed by atoms with Gasteiger partial charge in [0.1, 0.15) is 0 Å². The monoisotopic (exact) mass is 287 g/mol. The minimum Gasteiger partial charge on any atom is -0.399 e. The van der Waals surface area contributed by atoms with Crippen LogP contribution in [0.25, 0.3) is 11.4 Å². The molecule has 1 fully saturated rings. The summed E-state index contributed by atoms with van der Waals surface area (Å²) in [4.78, 5) is 0. The molecule has 0 radical (unpaired) electrons. The number of aromatic nitrogens is 4. The van der Waals surface area contributed by atoms with Crippen LogP contribution in [0.1, 0.15) is 31.2 Å². The summed E-state index contributed by atoms with van der Waals surface area (Å²) >= 11 is 0. The van der Waals surface area contributed by atoms with Crippen LogP contribution in [0.2, 0.25) is 0 Å². The summed E-state index contributed by atoms with van der Waals surface area (Å²) in [6, 6.07) is 5.77. The molecule has 3 rings (SSSR count). The van der Waals surface area contributed by atoms with Gasteiger partial charge in [0.2, 0.25) is 0 Å². The standard InChI is InChI=1S/C15H21N5O/c1-11-10-12(16)6-7-14(11)15-17-18-19-20(15)8-9-21-13-4-2-3-5-13/h6-7,10,13H,2-5,8-9,16H2,1H3. The quantitative estimate of drug-likeness (QED) is 0.853. The molecule has 0 spiro atoms. The first-order valence-electron chi connectivity index (χ1n) is 7.48. The molecule has 112 valence electrons. The Hall–Kier alpha value is -1.95. The van der Waals surface area contributed by atoms with Gasteiger partial charge in [0.15, 0.2) is 5.82 Å². The van der Waals surface area contributed by atoms with Gasteiger partial charge in [-0.15, -0.1) is 5.10 Å². The lowest BCUT2D eigenvalue weighted by Gasteiger charge is -2.12. The second kappa shape index (κ2) is 6.22. The molecule has 0 aliphatic heterocycles. The molecule has 0 unspecified atom stereocenters. The van der Waals surface area contributed by atoms with Crippen molar-refractivity contribution in [1.82, 2.24) is 20.2 Å². The molecule has 6 heteroatoms. The molecule has 2 aromatic rings. The van der Waals surface area contributed by atoms with Gasteiger partial charge in [-0.2, -0.15) is 0 Å². The molecule has 1 aromatic carbocycles. The summed E-state index contributed by atoms with van der Waals surface area (Å²) < 4.78 is 7.68. The molecule has 0 amide bonds. The maximum Gasteiger partial charge on any atom is 0.182 e. The van der Waals surface area contributed by atoms with Crippen molar-refractivity contribution in [2.45, 2.75) is 45.3 Å². The maximum absolute atomic E-state index is 5.88. The molecule has 1 saturated carbocycles. The number of nitrogen functional groups attached to an aromatic ring is 1. The van der Waals surface area contributed by atoms with Gasteiger partial charge in [0.05, 0.1) is 19.3 Å². The minimum atomic E-state index is 0.420. The normalized spacial score (nSPS) is 15.7. The third-order valence-corrected chi connectivity index (χ3v) is 3.98. The third-order valence-electron chi connectivity index (χ3n) is 3.98. The highest BCUT2D eigenvalue weighted by Gasteiger charge is 2.16. The van der Waals surface area contributed by atoms with Crippen molar-refractivity contribution in [3.63, 3.8) is 0 Å². The van der Waals surface area contributed by atoms with Crippen LogP contribution < -0.4 is 5.73 Å². The third kappa shape index (κ3) is 3.21. The number of hydrogen-bond donors (Lipinski definition) is 1. The van der Waals surface area contributed by atoms with Gasteiger partial charge in [-0.25, -0.2) is 4.68 Å². The number of aryl methyl sites for hydroxylation is 1. The number of anilines is 1. The van der Waals surface area contributed by atoms with E-state index in [9.17, 15) is 0 Å². The fraction of sp³-hybridized carbons (Fsp3) is 0.533. The van der Waals surface area contributed by atoms with Crippen LogP contribution in [0.4, 0.5) is 5.69 Å². The van der Waals surface area contributed by atoms with Gasteiger partial charge < -0.3 is 10.5 Å². The number of ether oxygens (including phenoxy) is 1. The zero-order chi connectivity index (χ0) is 14.7. The van der Waals surface area contributed by atoms with E-state index in [0.29, 0.717) is 19.3 Å². The Kier molecular flexibility index (Phi) is 4.15. The SMILES string of the molecule is Cc1cc(N)ccc1-c1nnnn1CCOC1CCCC1. The Labute approximate surface area is 124 Å². The highest BCUT2D eigenvalue weighted by molar-refractivity contribution is 5.63. The highest BCUT2D eigenvalue weighted by atomic mass is 16.5. The lowest BCUT2D eigenvalue weighted by Crippen LogP contribution is -2.14. The summed E-state index contributed by atoms with van der Waals surface area (Å²) in [5.41, 5.74) is 8.62. The average Bonchev–Trinajstić information content (AvgIpc) is 3.11.